The van der Waals surface area contributed by atoms with E-state index < -0.39 is 0 Å². The summed E-state index contributed by atoms with van der Waals surface area (Å²) >= 11 is 1.78. The molecule has 146 valence electrons. The number of piperidine rings is 1. The van der Waals surface area contributed by atoms with E-state index in [1.165, 1.54) is 4.88 Å². The highest BCUT2D eigenvalue weighted by molar-refractivity contribution is 7.11. The molecular formula is C20H30N6S. The number of hydrogen-bond donors (Lipinski definition) is 2. The summed E-state index contributed by atoms with van der Waals surface area (Å²) in [6.07, 6.45) is 5.00. The maximum Gasteiger partial charge on any atom is 0.191 e. The van der Waals surface area contributed by atoms with Gasteiger partial charge in [0.25, 0.3) is 0 Å². The Morgan fingerprint density at radius 1 is 1.30 bits per heavy atom. The number of aryl methyl sites for hydroxylation is 2. The molecule has 0 aliphatic carbocycles. The van der Waals surface area contributed by atoms with Crippen molar-refractivity contribution in [2.24, 2.45) is 4.99 Å². The first-order valence-electron chi connectivity index (χ1n) is 9.79. The summed E-state index contributed by atoms with van der Waals surface area (Å²) in [6.45, 7) is 9.95. The van der Waals surface area contributed by atoms with Crippen molar-refractivity contribution in [3.8, 4) is 0 Å². The Morgan fingerprint density at radius 2 is 2.11 bits per heavy atom. The van der Waals surface area contributed by atoms with Crippen molar-refractivity contribution in [2.45, 2.75) is 46.1 Å². The van der Waals surface area contributed by atoms with Crippen LogP contribution < -0.4 is 15.5 Å². The van der Waals surface area contributed by atoms with Crippen molar-refractivity contribution >= 4 is 23.1 Å². The summed E-state index contributed by atoms with van der Waals surface area (Å²) in [5, 5.41) is 8.13. The van der Waals surface area contributed by atoms with Crippen molar-refractivity contribution in [1.29, 1.82) is 0 Å². The zero-order chi connectivity index (χ0) is 19.1. The fourth-order valence-electron chi connectivity index (χ4n) is 3.38. The van der Waals surface area contributed by atoms with Gasteiger partial charge in [-0.1, -0.05) is 6.07 Å². The summed E-state index contributed by atoms with van der Waals surface area (Å²) in [4.78, 5) is 17.4. The molecule has 27 heavy (non-hydrogen) atoms. The second kappa shape index (κ2) is 9.69. The van der Waals surface area contributed by atoms with Gasteiger partial charge < -0.3 is 15.5 Å². The molecule has 0 amide bonds. The van der Waals surface area contributed by atoms with Crippen molar-refractivity contribution in [1.82, 2.24) is 20.6 Å². The fourth-order valence-corrected chi connectivity index (χ4v) is 4.31. The van der Waals surface area contributed by atoms with Gasteiger partial charge >= 0.3 is 0 Å². The van der Waals surface area contributed by atoms with Gasteiger partial charge in [-0.25, -0.2) is 9.97 Å². The zero-order valence-electron chi connectivity index (χ0n) is 16.5. The molecule has 1 aliphatic rings. The van der Waals surface area contributed by atoms with E-state index in [0.717, 1.165) is 67.9 Å². The molecule has 2 aromatic heterocycles. The third-order valence-electron chi connectivity index (χ3n) is 4.76. The van der Waals surface area contributed by atoms with Crippen LogP contribution in [0.15, 0.2) is 29.4 Å². The second-order valence-electron chi connectivity index (χ2n) is 6.85. The summed E-state index contributed by atoms with van der Waals surface area (Å²) in [6, 6.07) is 6.55. The standard InChI is InChI=1S/C20H30N6S/c1-4-21-20(23-12-8-18-15(2)24-16(3)27-18)25-17-9-13-26(14-10-17)19-7-5-6-11-22-19/h5-7,11,17H,4,8-10,12-14H2,1-3H3,(H2,21,23,25). The molecule has 7 heteroatoms. The summed E-state index contributed by atoms with van der Waals surface area (Å²) in [5.41, 5.74) is 1.15. The molecule has 2 aromatic rings. The molecule has 0 radical (unpaired) electrons. The third kappa shape index (κ3) is 5.66. The van der Waals surface area contributed by atoms with E-state index >= 15 is 0 Å². The minimum atomic E-state index is 0.454. The quantitative estimate of drug-likeness (QED) is 0.590. The molecule has 3 rings (SSSR count). The molecule has 0 atom stereocenters. The van der Waals surface area contributed by atoms with Gasteiger partial charge in [0.15, 0.2) is 5.96 Å². The molecule has 1 saturated heterocycles. The largest absolute Gasteiger partial charge is 0.357 e. The SMILES string of the molecule is CCNC(=NCCc1sc(C)nc1C)NC1CCN(c2ccccn2)CC1. The van der Waals surface area contributed by atoms with E-state index in [9.17, 15) is 0 Å². The summed E-state index contributed by atoms with van der Waals surface area (Å²) in [5.74, 6) is 2.00. The van der Waals surface area contributed by atoms with Crippen LogP contribution in [0.2, 0.25) is 0 Å². The van der Waals surface area contributed by atoms with Gasteiger partial charge in [-0.2, -0.15) is 0 Å². The van der Waals surface area contributed by atoms with Gasteiger partial charge in [0.2, 0.25) is 0 Å². The van der Waals surface area contributed by atoms with Gasteiger partial charge in [0.1, 0.15) is 5.82 Å². The van der Waals surface area contributed by atoms with E-state index in [4.69, 9.17) is 4.99 Å². The molecule has 0 aromatic carbocycles. The number of nitrogens with one attached hydrogen (secondary N) is 2. The van der Waals surface area contributed by atoms with Crippen LogP contribution in [-0.2, 0) is 6.42 Å². The number of nitrogens with zero attached hydrogens (tertiary/aromatic N) is 4. The van der Waals surface area contributed by atoms with Gasteiger partial charge in [0, 0.05) is 49.7 Å². The van der Waals surface area contributed by atoms with Crippen LogP contribution in [0, 0.1) is 13.8 Å². The van der Waals surface area contributed by atoms with Gasteiger partial charge in [-0.15, -0.1) is 11.3 Å². The average Bonchev–Trinajstić information content (AvgIpc) is 3.00. The van der Waals surface area contributed by atoms with Crippen LogP contribution in [-0.4, -0.2) is 48.1 Å². The van der Waals surface area contributed by atoms with Gasteiger partial charge in [-0.3, -0.25) is 4.99 Å². The second-order valence-corrected chi connectivity index (χ2v) is 8.13. The number of aromatic nitrogens is 2. The molecule has 1 fully saturated rings. The molecule has 0 spiro atoms. The van der Waals surface area contributed by atoms with Crippen LogP contribution >= 0.6 is 11.3 Å². The lowest BCUT2D eigenvalue weighted by Crippen LogP contribution is -2.49. The number of hydrogen-bond acceptors (Lipinski definition) is 5. The van der Waals surface area contributed by atoms with Crippen molar-refractivity contribution in [3.05, 3.63) is 40.0 Å². The van der Waals surface area contributed by atoms with E-state index in [2.05, 4.69) is 58.4 Å². The van der Waals surface area contributed by atoms with E-state index in [-0.39, 0.29) is 0 Å². The molecule has 0 unspecified atom stereocenters. The molecule has 6 nitrogen and oxygen atoms in total. The smallest absolute Gasteiger partial charge is 0.191 e. The number of guanidine groups is 1. The maximum absolute atomic E-state index is 4.78. The lowest BCUT2D eigenvalue weighted by molar-refractivity contribution is 0.459. The topological polar surface area (TPSA) is 65.4 Å². The van der Waals surface area contributed by atoms with Crippen LogP contribution in [0.5, 0.6) is 0 Å². The Bertz CT molecular complexity index is 734. The molecular weight excluding hydrogens is 356 g/mol. The molecule has 0 saturated carbocycles. The van der Waals surface area contributed by atoms with E-state index in [1.54, 1.807) is 11.3 Å². The van der Waals surface area contributed by atoms with Crippen LogP contribution in [0.1, 0.15) is 35.3 Å². The van der Waals surface area contributed by atoms with Crippen molar-refractivity contribution < 1.29 is 0 Å². The highest BCUT2D eigenvalue weighted by Gasteiger charge is 2.20. The minimum Gasteiger partial charge on any atom is -0.357 e. The number of pyridine rings is 1. The van der Waals surface area contributed by atoms with Crippen LogP contribution in [0.4, 0.5) is 5.82 Å². The monoisotopic (exact) mass is 386 g/mol. The normalized spacial score (nSPS) is 15.8. The van der Waals surface area contributed by atoms with Crippen molar-refractivity contribution in [3.63, 3.8) is 0 Å². The van der Waals surface area contributed by atoms with Crippen LogP contribution in [0.3, 0.4) is 0 Å². The minimum absolute atomic E-state index is 0.454. The molecule has 2 N–H and O–H groups in total. The Morgan fingerprint density at radius 3 is 2.74 bits per heavy atom. The lowest BCUT2D eigenvalue weighted by atomic mass is 10.1. The maximum atomic E-state index is 4.78. The van der Waals surface area contributed by atoms with E-state index in [0.29, 0.717) is 6.04 Å². The molecule has 3 heterocycles. The third-order valence-corrected chi connectivity index (χ3v) is 5.89. The van der Waals surface area contributed by atoms with Gasteiger partial charge in [-0.05, 0) is 45.7 Å². The fraction of sp³-hybridized carbons (Fsp3) is 0.550. The Balaban J connectivity index is 1.50. The van der Waals surface area contributed by atoms with Crippen molar-refractivity contribution in [2.75, 3.05) is 31.1 Å². The highest BCUT2D eigenvalue weighted by Crippen LogP contribution is 2.18. The first-order valence-corrected chi connectivity index (χ1v) is 10.6. The molecule has 0 bridgehead atoms. The molecule has 1 aliphatic heterocycles. The first kappa shape index (κ1) is 19.6. The predicted octanol–water partition coefficient (Wildman–Crippen LogP) is 2.92. The van der Waals surface area contributed by atoms with Gasteiger partial charge in [0.05, 0.1) is 10.7 Å². The number of rotatable bonds is 6. The number of anilines is 1. The Labute approximate surface area is 166 Å². The zero-order valence-corrected chi connectivity index (χ0v) is 17.4. The highest BCUT2D eigenvalue weighted by atomic mass is 32.1. The van der Waals surface area contributed by atoms with Crippen LogP contribution in [0.25, 0.3) is 0 Å². The average molecular weight is 387 g/mol. The summed E-state index contributed by atoms with van der Waals surface area (Å²) < 4.78 is 0. The number of aliphatic imine (C=N–C) groups is 1. The van der Waals surface area contributed by atoms with E-state index in [1.807, 2.05) is 12.3 Å². The lowest BCUT2D eigenvalue weighted by Gasteiger charge is -2.33. The summed E-state index contributed by atoms with van der Waals surface area (Å²) in [7, 11) is 0. The Hall–Kier alpha value is -2.15. The number of thiazole rings is 1. The first-order chi connectivity index (χ1) is 13.2. The predicted molar refractivity (Wildman–Crippen MR) is 114 cm³/mol. The Kier molecular flexibility index (Phi) is 7.04.